The number of carboxylic acid groups (broad SMARTS) is 1. The van der Waals surface area contributed by atoms with Gasteiger partial charge < -0.3 is 29.5 Å². The lowest BCUT2D eigenvalue weighted by atomic mass is 9.74. The van der Waals surface area contributed by atoms with Gasteiger partial charge in [-0.15, -0.1) is 0 Å². The Balaban J connectivity index is 1.69. The Morgan fingerprint density at radius 3 is 2.46 bits per heavy atom. The van der Waals surface area contributed by atoms with Crippen LogP contribution in [-0.4, -0.2) is 56.6 Å². The summed E-state index contributed by atoms with van der Waals surface area (Å²) in [7, 11) is 6.34. The molecule has 0 bridgehead atoms. The van der Waals surface area contributed by atoms with Gasteiger partial charge in [0.2, 0.25) is 17.2 Å². The summed E-state index contributed by atoms with van der Waals surface area (Å²) in [5.74, 6) is -2.17. The number of Topliss-reactive ketones (excluding diaryl/α,β-unsaturated/α-hetero) is 1. The van der Waals surface area contributed by atoms with Crippen LogP contribution in [0.3, 0.4) is 0 Å². The molecule has 2 atom stereocenters. The number of nitrogens with one attached hydrogen (secondary N) is 1. The van der Waals surface area contributed by atoms with E-state index in [1.807, 2.05) is 0 Å². The third kappa shape index (κ3) is 3.76. The summed E-state index contributed by atoms with van der Waals surface area (Å²) in [6, 6.07) is 6.40. The van der Waals surface area contributed by atoms with Crippen LogP contribution in [0.1, 0.15) is 34.1 Å². The smallest absolute Gasteiger partial charge is 0.337 e. The van der Waals surface area contributed by atoms with Crippen molar-refractivity contribution in [3.8, 4) is 17.2 Å². The lowest BCUT2D eigenvalue weighted by molar-refractivity contribution is -0.129. The van der Waals surface area contributed by atoms with E-state index in [2.05, 4.69) is 5.32 Å². The summed E-state index contributed by atoms with van der Waals surface area (Å²) in [5, 5.41) is 12.8. The second-order valence-corrected chi connectivity index (χ2v) is 9.04. The average molecular weight is 501 g/mol. The van der Waals surface area contributed by atoms with Gasteiger partial charge in [0.1, 0.15) is 22.1 Å². The van der Waals surface area contributed by atoms with Gasteiger partial charge in [0.25, 0.3) is 0 Å². The Morgan fingerprint density at radius 1 is 1.20 bits per heavy atom. The SMILES string of the molecule is COc1cc(OC)c2c(c1Cl)OC1(C(=O)C=C(Nc3ccc(N(C)C)c(C(=O)O)c3)CC1C)C2=O. The monoisotopic (exact) mass is 500 g/mol. The van der Waals surface area contributed by atoms with Gasteiger partial charge in [0.15, 0.2) is 5.75 Å². The maximum atomic E-state index is 13.6. The molecule has 1 heterocycles. The van der Waals surface area contributed by atoms with E-state index in [1.54, 1.807) is 38.1 Å². The van der Waals surface area contributed by atoms with E-state index in [4.69, 9.17) is 25.8 Å². The fraction of sp³-hybridized carbons (Fsp3) is 0.320. The van der Waals surface area contributed by atoms with E-state index < -0.39 is 29.1 Å². The number of carbonyl (C=O) groups is 3. The highest BCUT2D eigenvalue weighted by atomic mass is 35.5. The average Bonchev–Trinajstić information content (AvgIpc) is 3.12. The van der Waals surface area contributed by atoms with Gasteiger partial charge in [-0.05, 0) is 24.6 Å². The minimum atomic E-state index is -1.78. The van der Waals surface area contributed by atoms with E-state index in [0.717, 1.165) is 0 Å². The zero-order chi connectivity index (χ0) is 25.7. The fourth-order valence-corrected chi connectivity index (χ4v) is 4.84. The Labute approximate surface area is 207 Å². The second kappa shape index (κ2) is 8.81. The van der Waals surface area contributed by atoms with Crippen molar-refractivity contribution in [1.82, 2.24) is 0 Å². The van der Waals surface area contributed by atoms with Crippen LogP contribution < -0.4 is 24.4 Å². The molecule has 2 unspecified atom stereocenters. The van der Waals surface area contributed by atoms with E-state index in [1.165, 1.54) is 32.4 Å². The molecule has 4 rings (SSSR count). The van der Waals surface area contributed by atoms with Crippen molar-refractivity contribution in [3.63, 3.8) is 0 Å². The number of halogens is 1. The number of aromatic carboxylic acids is 1. The molecule has 35 heavy (non-hydrogen) atoms. The number of carbonyl (C=O) groups excluding carboxylic acids is 2. The number of hydrogen-bond donors (Lipinski definition) is 2. The van der Waals surface area contributed by atoms with Gasteiger partial charge in [0, 0.05) is 43.5 Å². The molecule has 10 heteroatoms. The highest BCUT2D eigenvalue weighted by Gasteiger charge is 2.60. The number of ether oxygens (including phenoxy) is 3. The van der Waals surface area contributed by atoms with Crippen molar-refractivity contribution in [3.05, 3.63) is 52.2 Å². The molecule has 1 spiro atoms. The topological polar surface area (TPSA) is 114 Å². The summed E-state index contributed by atoms with van der Waals surface area (Å²) in [6.07, 6.45) is 1.61. The summed E-state index contributed by atoms with van der Waals surface area (Å²) in [5.41, 5.74) is 0.0312. The van der Waals surface area contributed by atoms with Gasteiger partial charge in [0.05, 0.1) is 25.5 Å². The molecule has 2 aliphatic rings. The summed E-state index contributed by atoms with van der Waals surface area (Å²) in [6.45, 7) is 1.74. The van der Waals surface area contributed by atoms with Crippen LogP contribution in [0.25, 0.3) is 0 Å². The van der Waals surface area contributed by atoms with E-state index in [0.29, 0.717) is 23.5 Å². The second-order valence-electron chi connectivity index (χ2n) is 8.66. The number of methoxy groups -OCH3 is 2. The van der Waals surface area contributed by atoms with Crippen molar-refractivity contribution in [2.24, 2.45) is 5.92 Å². The van der Waals surface area contributed by atoms with Crippen molar-refractivity contribution in [2.45, 2.75) is 18.9 Å². The maximum absolute atomic E-state index is 13.6. The molecule has 0 saturated carbocycles. The molecule has 184 valence electrons. The van der Waals surface area contributed by atoms with Crippen molar-refractivity contribution < 1.29 is 33.7 Å². The zero-order valence-electron chi connectivity index (χ0n) is 19.9. The third-order valence-corrected chi connectivity index (χ3v) is 6.68. The first-order chi connectivity index (χ1) is 16.5. The highest BCUT2D eigenvalue weighted by molar-refractivity contribution is 6.36. The fourth-order valence-electron chi connectivity index (χ4n) is 4.58. The number of fused-ring (bicyclic) bond motifs is 1. The van der Waals surface area contributed by atoms with Crippen molar-refractivity contribution >= 4 is 40.5 Å². The molecular weight excluding hydrogens is 476 g/mol. The molecule has 2 N–H and O–H groups in total. The molecule has 0 fully saturated rings. The highest BCUT2D eigenvalue weighted by Crippen LogP contribution is 2.53. The first kappa shape index (κ1) is 24.4. The van der Waals surface area contributed by atoms with Crippen LogP contribution in [0.5, 0.6) is 17.2 Å². The summed E-state index contributed by atoms with van der Waals surface area (Å²) >= 11 is 6.41. The number of benzene rings is 2. The molecule has 0 amide bonds. The van der Waals surface area contributed by atoms with Crippen LogP contribution in [0.4, 0.5) is 11.4 Å². The van der Waals surface area contributed by atoms with Gasteiger partial charge in [-0.3, -0.25) is 9.59 Å². The lowest BCUT2D eigenvalue weighted by Gasteiger charge is -2.35. The van der Waals surface area contributed by atoms with Crippen LogP contribution in [0, 0.1) is 5.92 Å². The van der Waals surface area contributed by atoms with E-state index >= 15 is 0 Å². The van der Waals surface area contributed by atoms with Crippen molar-refractivity contribution in [2.75, 3.05) is 38.5 Å². The number of ketones is 2. The minimum Gasteiger partial charge on any atom is -0.496 e. The maximum Gasteiger partial charge on any atom is 0.337 e. The Bertz CT molecular complexity index is 1290. The van der Waals surface area contributed by atoms with Crippen LogP contribution in [0.15, 0.2) is 36.0 Å². The lowest BCUT2D eigenvalue weighted by Crippen LogP contribution is -2.55. The molecule has 9 nitrogen and oxygen atoms in total. The van der Waals surface area contributed by atoms with Crippen molar-refractivity contribution in [1.29, 1.82) is 0 Å². The van der Waals surface area contributed by atoms with Gasteiger partial charge >= 0.3 is 5.97 Å². The Kier molecular flexibility index (Phi) is 6.14. The quantitative estimate of drug-likeness (QED) is 0.567. The number of carboxylic acids is 1. The van der Waals surface area contributed by atoms with Gasteiger partial charge in [-0.1, -0.05) is 18.5 Å². The molecule has 2 aromatic carbocycles. The first-order valence-corrected chi connectivity index (χ1v) is 11.2. The zero-order valence-corrected chi connectivity index (χ0v) is 20.6. The van der Waals surface area contributed by atoms with Gasteiger partial charge in [-0.2, -0.15) is 0 Å². The number of allylic oxidation sites excluding steroid dienone is 1. The third-order valence-electron chi connectivity index (χ3n) is 6.32. The molecule has 0 saturated heterocycles. The number of nitrogens with zero attached hydrogens (tertiary/aromatic N) is 1. The minimum absolute atomic E-state index is 0.0586. The molecule has 2 aromatic rings. The summed E-state index contributed by atoms with van der Waals surface area (Å²) < 4.78 is 16.6. The van der Waals surface area contributed by atoms with Crippen LogP contribution in [-0.2, 0) is 4.79 Å². The predicted octanol–water partition coefficient (Wildman–Crippen LogP) is 4.04. The molecule has 0 aromatic heterocycles. The number of rotatable bonds is 6. The van der Waals surface area contributed by atoms with Gasteiger partial charge in [-0.25, -0.2) is 4.79 Å². The Morgan fingerprint density at radius 2 is 1.89 bits per heavy atom. The Hall–Kier alpha value is -3.72. The summed E-state index contributed by atoms with van der Waals surface area (Å²) in [4.78, 5) is 40.4. The molecular formula is C25H25ClN2O7. The van der Waals surface area contributed by atoms with Crippen LogP contribution >= 0.6 is 11.6 Å². The first-order valence-electron chi connectivity index (χ1n) is 10.8. The van der Waals surface area contributed by atoms with E-state index in [9.17, 15) is 19.5 Å². The number of anilines is 2. The molecule has 0 radical (unpaired) electrons. The molecule has 1 aliphatic heterocycles. The normalized spacial score (nSPS) is 20.7. The van der Waals surface area contributed by atoms with Crippen LogP contribution in [0.2, 0.25) is 5.02 Å². The predicted molar refractivity (Wildman–Crippen MR) is 130 cm³/mol. The largest absolute Gasteiger partial charge is 0.496 e. The van der Waals surface area contributed by atoms with E-state index in [-0.39, 0.29) is 33.4 Å². The standard InChI is InChI=1S/C25H25ClN2O7/c1-12-8-14(27-13-6-7-16(28(2)3)15(9-13)24(31)32)10-19(29)25(12)23(30)20-17(33-4)11-18(34-5)21(26)22(20)35-25/h6-7,9-12,27H,8H2,1-5H3,(H,31,32). The molecule has 1 aliphatic carbocycles. The number of hydrogen-bond acceptors (Lipinski definition) is 8.